The van der Waals surface area contributed by atoms with E-state index in [0.717, 1.165) is 74.0 Å². The molecule has 5 aromatic heterocycles. The van der Waals surface area contributed by atoms with Crippen molar-refractivity contribution in [2.75, 3.05) is 0 Å². The van der Waals surface area contributed by atoms with Crippen LogP contribution in [0.4, 0.5) is 0 Å². The SMILES string of the molecule is Clc1ccc(-c2cc(-c3ccccc3)nc(-c3ccccc3)n2)cc1.c1ccc(-c2cc(-c3ccc(-n4c5ccccc5c5ccc6c7ccccc7n(-c7ccccc7)c6c54)cc3)nc(-c3ccccc3)n2)cc1.c1ccc(-n2c3ccccc3c3ccc4c(c32)Cc2ccccc2-4)cc1. The molecule has 20 rings (SSSR count). The van der Waals surface area contributed by atoms with E-state index in [2.05, 4.69) is 262 Å². The van der Waals surface area contributed by atoms with E-state index in [4.69, 9.17) is 31.5 Å². The first kappa shape index (κ1) is 60.3. The Balaban J connectivity index is 0.000000120. The third kappa shape index (κ3) is 11.2. The zero-order chi connectivity index (χ0) is 67.2. The molecule has 0 amide bonds. The number of fused-ring (bicyclic) bond motifs is 14. The van der Waals surface area contributed by atoms with E-state index >= 15 is 0 Å². The lowest BCUT2D eigenvalue weighted by molar-refractivity contribution is 1.15. The summed E-state index contributed by atoms with van der Waals surface area (Å²) in [6.45, 7) is 0. The molecule has 7 nitrogen and oxygen atoms in total. The quantitative estimate of drug-likeness (QED) is 0.144. The second-order valence-electron chi connectivity index (χ2n) is 25.4. The summed E-state index contributed by atoms with van der Waals surface area (Å²) < 4.78 is 7.29. The van der Waals surface area contributed by atoms with Gasteiger partial charge >= 0.3 is 0 Å². The van der Waals surface area contributed by atoms with Gasteiger partial charge in [-0.2, -0.15) is 0 Å². The summed E-state index contributed by atoms with van der Waals surface area (Å²) in [4.78, 5) is 19.6. The van der Waals surface area contributed by atoms with Gasteiger partial charge in [0.25, 0.3) is 0 Å². The minimum Gasteiger partial charge on any atom is -0.309 e. The summed E-state index contributed by atoms with van der Waals surface area (Å²) in [5.74, 6) is 1.43. The number of para-hydroxylation sites is 5. The van der Waals surface area contributed by atoms with Gasteiger partial charge in [-0.1, -0.05) is 297 Å². The number of hydrogen-bond acceptors (Lipinski definition) is 4. The molecule has 476 valence electrons. The highest BCUT2D eigenvalue weighted by atomic mass is 35.5. The molecular formula is C93H62ClN7. The van der Waals surface area contributed by atoms with Crippen molar-refractivity contribution in [2.24, 2.45) is 0 Å². The fraction of sp³-hybridized carbons (Fsp3) is 0.0108. The molecule has 0 N–H and O–H groups in total. The lowest BCUT2D eigenvalue weighted by Gasteiger charge is -2.13. The third-order valence-electron chi connectivity index (χ3n) is 19.3. The summed E-state index contributed by atoms with van der Waals surface area (Å²) in [6, 6.07) is 127. The molecule has 8 heteroatoms. The van der Waals surface area contributed by atoms with E-state index in [0.29, 0.717) is 16.7 Å². The van der Waals surface area contributed by atoms with Crippen LogP contribution >= 0.6 is 11.6 Å². The van der Waals surface area contributed by atoms with Crippen molar-refractivity contribution in [3.05, 3.63) is 380 Å². The maximum Gasteiger partial charge on any atom is 0.160 e. The van der Waals surface area contributed by atoms with Crippen molar-refractivity contribution in [1.29, 1.82) is 0 Å². The fourth-order valence-electron chi connectivity index (χ4n) is 14.7. The molecule has 101 heavy (non-hydrogen) atoms. The normalized spacial score (nSPS) is 11.6. The van der Waals surface area contributed by atoms with E-state index < -0.39 is 0 Å². The Morgan fingerprint density at radius 3 is 0.990 bits per heavy atom. The fourth-order valence-corrected chi connectivity index (χ4v) is 14.8. The molecular weight excluding hydrogens is 1250 g/mol. The molecule has 0 fully saturated rings. The van der Waals surface area contributed by atoms with Crippen LogP contribution in [0.5, 0.6) is 0 Å². The minimum atomic E-state index is 0.712. The number of hydrogen-bond donors (Lipinski definition) is 0. The average molecular weight is 1310 g/mol. The molecule has 0 spiro atoms. The van der Waals surface area contributed by atoms with Gasteiger partial charge in [0, 0.05) is 94.2 Å². The molecule has 5 heterocycles. The number of nitrogens with zero attached hydrogens (tertiary/aromatic N) is 7. The summed E-state index contributed by atoms with van der Waals surface area (Å²) in [7, 11) is 0. The van der Waals surface area contributed by atoms with Crippen molar-refractivity contribution in [3.8, 4) is 96.0 Å². The largest absolute Gasteiger partial charge is 0.309 e. The van der Waals surface area contributed by atoms with Crippen LogP contribution in [-0.2, 0) is 6.42 Å². The molecule has 0 radical (unpaired) electrons. The van der Waals surface area contributed by atoms with Gasteiger partial charge in [-0.05, 0) is 101 Å². The molecule has 0 aliphatic heterocycles. The Morgan fingerprint density at radius 1 is 0.238 bits per heavy atom. The Kier molecular flexibility index (Phi) is 15.6. The highest BCUT2D eigenvalue weighted by molar-refractivity contribution is 6.30. The van der Waals surface area contributed by atoms with Crippen LogP contribution in [0.3, 0.4) is 0 Å². The number of aromatic nitrogens is 7. The smallest absolute Gasteiger partial charge is 0.160 e. The van der Waals surface area contributed by atoms with Gasteiger partial charge in [0.2, 0.25) is 0 Å². The monoisotopic (exact) mass is 1310 g/mol. The molecule has 0 atom stereocenters. The van der Waals surface area contributed by atoms with Crippen LogP contribution in [0.1, 0.15) is 11.1 Å². The Labute approximate surface area is 589 Å². The topological polar surface area (TPSA) is 66.3 Å². The third-order valence-corrected chi connectivity index (χ3v) is 19.6. The van der Waals surface area contributed by atoms with Crippen LogP contribution in [0, 0.1) is 0 Å². The summed E-state index contributed by atoms with van der Waals surface area (Å²) in [6.07, 6.45) is 1.01. The van der Waals surface area contributed by atoms with Crippen LogP contribution in [0.25, 0.3) is 161 Å². The molecule has 0 bridgehead atoms. The zero-order valence-electron chi connectivity index (χ0n) is 54.9. The van der Waals surface area contributed by atoms with E-state index in [-0.39, 0.29) is 0 Å². The lowest BCUT2D eigenvalue weighted by Crippen LogP contribution is -1.99. The summed E-state index contributed by atoms with van der Waals surface area (Å²) >= 11 is 6.02. The van der Waals surface area contributed by atoms with E-state index in [1.165, 1.54) is 93.4 Å². The van der Waals surface area contributed by atoms with Gasteiger partial charge in [0.15, 0.2) is 11.6 Å². The van der Waals surface area contributed by atoms with E-state index in [1.807, 2.05) is 115 Å². The first-order chi connectivity index (χ1) is 50.0. The molecule has 14 aromatic carbocycles. The average Bonchev–Trinajstić information content (AvgIpc) is 1.55. The predicted molar refractivity (Wildman–Crippen MR) is 419 cm³/mol. The van der Waals surface area contributed by atoms with Crippen molar-refractivity contribution < 1.29 is 0 Å². The van der Waals surface area contributed by atoms with Crippen molar-refractivity contribution >= 4 is 77.0 Å². The Bertz CT molecular complexity index is 6140. The van der Waals surface area contributed by atoms with Crippen molar-refractivity contribution in [1.82, 2.24) is 33.6 Å². The van der Waals surface area contributed by atoms with Crippen molar-refractivity contribution in [3.63, 3.8) is 0 Å². The van der Waals surface area contributed by atoms with Gasteiger partial charge in [0.1, 0.15) is 0 Å². The van der Waals surface area contributed by atoms with Gasteiger partial charge in [-0.15, -0.1) is 0 Å². The summed E-state index contributed by atoms with van der Waals surface area (Å²) in [5.41, 5.74) is 26.2. The Hall–Kier alpha value is -13.1. The van der Waals surface area contributed by atoms with E-state index in [1.54, 1.807) is 0 Å². The second-order valence-corrected chi connectivity index (χ2v) is 25.8. The maximum absolute atomic E-state index is 6.02. The molecule has 1 aliphatic rings. The molecule has 1 aliphatic carbocycles. The molecule has 0 saturated heterocycles. The highest BCUT2D eigenvalue weighted by Crippen LogP contribution is 2.46. The van der Waals surface area contributed by atoms with Gasteiger partial charge < -0.3 is 13.7 Å². The molecule has 19 aromatic rings. The predicted octanol–water partition coefficient (Wildman–Crippen LogP) is 24.2. The number of rotatable bonds is 9. The van der Waals surface area contributed by atoms with Crippen LogP contribution in [0.15, 0.2) is 364 Å². The highest BCUT2D eigenvalue weighted by Gasteiger charge is 2.26. The number of benzene rings is 14. The first-order valence-corrected chi connectivity index (χ1v) is 34.5. The second kappa shape index (κ2) is 26.1. The standard InChI is InChI=1S/C46H30N4.C25H17N.C22H15ClN2/c1-4-14-31(15-5-1)40-30-41(48-46(47-40)33-16-6-2-7-17-33)32-24-26-35(27-25-32)50-43-23-13-11-21-37(43)39-29-28-38-36-20-10-12-22-42(36)49(44(38)45(39)50)34-18-8-3-9-19-34;1-2-9-18(10-3-1)26-24-13-7-6-12-21(24)22-15-14-20-19-11-5-4-8-17(19)16-23(20)25(22)26;23-19-13-11-17(12-14-19)21-15-20(16-7-3-1-4-8-16)24-22(25-21)18-9-5-2-6-10-18/h1-30H;1-15H,16H2;1-15H. The van der Waals surface area contributed by atoms with Crippen LogP contribution in [0.2, 0.25) is 5.02 Å². The van der Waals surface area contributed by atoms with Crippen LogP contribution in [-0.4, -0.2) is 33.6 Å². The van der Waals surface area contributed by atoms with E-state index in [9.17, 15) is 0 Å². The molecule has 0 unspecified atom stereocenters. The first-order valence-electron chi connectivity index (χ1n) is 34.1. The lowest BCUT2D eigenvalue weighted by atomic mass is 10.0. The minimum absolute atomic E-state index is 0.712. The summed E-state index contributed by atoms with van der Waals surface area (Å²) in [5, 5.41) is 8.32. The Morgan fingerprint density at radius 2 is 0.554 bits per heavy atom. The van der Waals surface area contributed by atoms with Gasteiger partial charge in [-0.3, -0.25) is 0 Å². The number of halogens is 1. The van der Waals surface area contributed by atoms with Crippen LogP contribution < -0.4 is 0 Å². The van der Waals surface area contributed by atoms with Crippen molar-refractivity contribution in [2.45, 2.75) is 6.42 Å². The molecule has 0 saturated carbocycles. The maximum atomic E-state index is 6.02. The zero-order valence-corrected chi connectivity index (χ0v) is 55.6. The van der Waals surface area contributed by atoms with Gasteiger partial charge in [0.05, 0.1) is 55.9 Å². The van der Waals surface area contributed by atoms with Gasteiger partial charge in [-0.25, -0.2) is 19.9 Å².